The molecule has 3 rings (SSSR count). The highest BCUT2D eigenvalue weighted by Gasteiger charge is 2.29. The van der Waals surface area contributed by atoms with Crippen LogP contribution in [0.4, 0.5) is 13.2 Å². The highest BCUT2D eigenvalue weighted by molar-refractivity contribution is 6.04. The molecule has 7 nitrogen and oxygen atoms in total. The van der Waals surface area contributed by atoms with Crippen molar-refractivity contribution in [3.05, 3.63) is 47.0 Å². The molecule has 0 atom stereocenters. The van der Waals surface area contributed by atoms with Crippen LogP contribution in [-0.2, 0) is 6.54 Å². The van der Waals surface area contributed by atoms with E-state index in [1.54, 1.807) is 36.9 Å². The van der Waals surface area contributed by atoms with Gasteiger partial charge in [0.2, 0.25) is 5.88 Å². The van der Waals surface area contributed by atoms with E-state index in [4.69, 9.17) is 4.74 Å². The maximum absolute atomic E-state index is 12.3. The van der Waals surface area contributed by atoms with E-state index in [0.717, 1.165) is 5.56 Å². The Morgan fingerprint density at radius 3 is 2.68 bits per heavy atom. The molecule has 0 bridgehead atoms. The molecule has 10 heteroatoms. The van der Waals surface area contributed by atoms with Crippen molar-refractivity contribution < 1.29 is 22.7 Å². The van der Waals surface area contributed by atoms with Gasteiger partial charge in [-0.25, -0.2) is 9.97 Å². The van der Waals surface area contributed by atoms with Gasteiger partial charge in [-0.05, 0) is 31.5 Å². The molecule has 3 aromatic rings. The lowest BCUT2D eigenvalue weighted by Crippen LogP contribution is -2.20. The number of carbonyl (C=O) groups is 1. The van der Waals surface area contributed by atoms with Crippen molar-refractivity contribution in [2.24, 2.45) is 0 Å². The number of nitrogens with zero attached hydrogens (tertiary/aromatic N) is 4. The van der Waals surface area contributed by atoms with Crippen molar-refractivity contribution in [3.63, 3.8) is 0 Å². The molecule has 0 aromatic carbocycles. The Morgan fingerprint density at radius 1 is 1.29 bits per heavy atom. The Labute approximate surface area is 158 Å². The van der Waals surface area contributed by atoms with Gasteiger partial charge in [0.1, 0.15) is 5.69 Å². The van der Waals surface area contributed by atoms with E-state index in [-0.39, 0.29) is 17.5 Å². The summed E-state index contributed by atoms with van der Waals surface area (Å²) in [5.74, 6) is -0.370. The summed E-state index contributed by atoms with van der Waals surface area (Å²) in [5.41, 5.74) is 2.80. The maximum atomic E-state index is 12.3. The summed E-state index contributed by atoms with van der Waals surface area (Å²) in [5, 5.41) is 7.62. The number of halogens is 3. The van der Waals surface area contributed by atoms with Gasteiger partial charge in [0, 0.05) is 30.7 Å². The molecule has 148 valence electrons. The fraction of sp³-hybridized carbons (Fsp3) is 0.333. The van der Waals surface area contributed by atoms with Gasteiger partial charge in [0.05, 0.1) is 17.4 Å². The fourth-order valence-corrected chi connectivity index (χ4v) is 2.76. The van der Waals surface area contributed by atoms with Gasteiger partial charge in [-0.15, -0.1) is 0 Å². The number of amides is 1. The van der Waals surface area contributed by atoms with Crippen LogP contribution in [0.5, 0.6) is 5.88 Å². The van der Waals surface area contributed by atoms with Crippen molar-refractivity contribution in [1.82, 2.24) is 25.1 Å². The van der Waals surface area contributed by atoms with Crippen molar-refractivity contribution in [2.45, 2.75) is 26.6 Å². The largest absolute Gasteiger partial charge is 0.468 e. The number of nitrogens with one attached hydrogen (secondary N) is 1. The second-order valence-electron chi connectivity index (χ2n) is 6.32. The molecule has 3 heterocycles. The molecule has 0 spiro atoms. The molecule has 0 aliphatic carbocycles. The van der Waals surface area contributed by atoms with Gasteiger partial charge in [0.25, 0.3) is 5.91 Å². The van der Waals surface area contributed by atoms with Crippen molar-refractivity contribution in [2.75, 3.05) is 13.7 Å². The van der Waals surface area contributed by atoms with Crippen molar-refractivity contribution in [1.29, 1.82) is 0 Å². The van der Waals surface area contributed by atoms with Gasteiger partial charge in [0.15, 0.2) is 6.61 Å². The smallest absolute Gasteiger partial charge is 0.422 e. The number of hydrogen-bond acceptors (Lipinski definition) is 5. The average molecular weight is 393 g/mol. The zero-order valence-corrected chi connectivity index (χ0v) is 15.5. The number of pyridine rings is 2. The first kappa shape index (κ1) is 19.6. The van der Waals surface area contributed by atoms with Crippen LogP contribution in [0.2, 0.25) is 0 Å². The summed E-state index contributed by atoms with van der Waals surface area (Å²) in [7, 11) is 1.53. The summed E-state index contributed by atoms with van der Waals surface area (Å²) < 4.78 is 43.2. The molecule has 1 N–H and O–H groups in total. The molecule has 0 fully saturated rings. The molecule has 0 aliphatic rings. The van der Waals surface area contributed by atoms with Crippen LogP contribution in [0.3, 0.4) is 0 Å². The number of rotatable bonds is 5. The molecule has 0 saturated heterocycles. The van der Waals surface area contributed by atoms with Crippen LogP contribution in [0, 0.1) is 13.8 Å². The molecule has 0 unspecified atom stereocenters. The van der Waals surface area contributed by atoms with E-state index < -0.39 is 12.8 Å². The number of aromatic nitrogens is 4. The summed E-state index contributed by atoms with van der Waals surface area (Å²) in [6, 6.07) is 3.46. The van der Waals surface area contributed by atoms with Crippen molar-refractivity contribution >= 4 is 16.8 Å². The molecule has 3 aromatic heterocycles. The van der Waals surface area contributed by atoms with E-state index in [0.29, 0.717) is 28.7 Å². The summed E-state index contributed by atoms with van der Waals surface area (Å²) in [6.45, 7) is 2.34. The minimum Gasteiger partial charge on any atom is -0.468 e. The number of ether oxygens (including phenoxy) is 1. The first-order valence-electron chi connectivity index (χ1n) is 8.38. The monoisotopic (exact) mass is 393 g/mol. The molecule has 0 radical (unpaired) electrons. The third kappa shape index (κ3) is 4.38. The van der Waals surface area contributed by atoms with Gasteiger partial charge in [-0.2, -0.15) is 18.3 Å². The highest BCUT2D eigenvalue weighted by atomic mass is 19.4. The first-order valence-corrected chi connectivity index (χ1v) is 8.38. The van der Waals surface area contributed by atoms with Crippen LogP contribution >= 0.6 is 0 Å². The molecular formula is C18H18F3N5O2. The lowest BCUT2D eigenvalue weighted by Gasteiger charge is -2.11. The Hall–Kier alpha value is -3.17. The third-order valence-corrected chi connectivity index (χ3v) is 3.93. The highest BCUT2D eigenvalue weighted by Crippen LogP contribution is 2.22. The number of aryl methyl sites for hydroxylation is 2. The number of carbonyl (C=O) groups excluding carboxylic acids is 1. The molecular weight excluding hydrogens is 375 g/mol. The van der Waals surface area contributed by atoms with Crippen LogP contribution in [0.1, 0.15) is 27.3 Å². The van der Waals surface area contributed by atoms with E-state index in [1.807, 2.05) is 0 Å². The number of fused-ring (bicyclic) bond motifs is 1. The van der Waals surface area contributed by atoms with Gasteiger partial charge in [-0.1, -0.05) is 0 Å². The van der Waals surface area contributed by atoms with Crippen LogP contribution in [0.15, 0.2) is 24.5 Å². The maximum Gasteiger partial charge on any atom is 0.422 e. The Balaban J connectivity index is 1.85. The lowest BCUT2D eigenvalue weighted by atomic mass is 10.2. The standard InChI is InChI=1S/C18H18F3N5O2/c1-10-4-12(6-23-17(10)28-9-18(19,20)21)7-26-8-13-14(25-26)5-11(2)24-15(13)16(27)22-3/h4-6,8H,7,9H2,1-3H3,(H,22,27). The number of hydrogen-bond donors (Lipinski definition) is 1. The van der Waals surface area contributed by atoms with Gasteiger partial charge in [-0.3, -0.25) is 9.48 Å². The topological polar surface area (TPSA) is 81.9 Å². The quantitative estimate of drug-likeness (QED) is 0.721. The summed E-state index contributed by atoms with van der Waals surface area (Å²) in [6.07, 6.45) is -1.28. The fourth-order valence-electron chi connectivity index (χ4n) is 2.76. The second-order valence-corrected chi connectivity index (χ2v) is 6.32. The third-order valence-electron chi connectivity index (χ3n) is 3.93. The minimum absolute atomic E-state index is 0.0616. The summed E-state index contributed by atoms with van der Waals surface area (Å²) in [4.78, 5) is 20.3. The lowest BCUT2D eigenvalue weighted by molar-refractivity contribution is -0.154. The Bertz CT molecular complexity index is 1030. The Morgan fingerprint density at radius 2 is 2.04 bits per heavy atom. The zero-order chi connectivity index (χ0) is 20.5. The normalized spacial score (nSPS) is 11.6. The predicted molar refractivity (Wildman–Crippen MR) is 95.3 cm³/mol. The number of alkyl halides is 3. The van der Waals surface area contributed by atoms with Gasteiger partial charge < -0.3 is 10.1 Å². The second kappa shape index (κ2) is 7.45. The minimum atomic E-state index is -4.42. The summed E-state index contributed by atoms with van der Waals surface area (Å²) >= 11 is 0. The molecule has 28 heavy (non-hydrogen) atoms. The molecule has 0 aliphatic heterocycles. The first-order chi connectivity index (χ1) is 13.2. The average Bonchev–Trinajstić information content (AvgIpc) is 3.00. The van der Waals surface area contributed by atoms with Crippen LogP contribution < -0.4 is 10.1 Å². The van der Waals surface area contributed by atoms with E-state index >= 15 is 0 Å². The van der Waals surface area contributed by atoms with Crippen molar-refractivity contribution in [3.8, 4) is 5.88 Å². The van der Waals surface area contributed by atoms with Gasteiger partial charge >= 0.3 is 6.18 Å². The Kier molecular flexibility index (Phi) is 5.21. The molecule has 0 saturated carbocycles. The zero-order valence-electron chi connectivity index (χ0n) is 15.5. The van der Waals surface area contributed by atoms with Crippen LogP contribution in [-0.4, -0.2) is 45.5 Å². The predicted octanol–water partition coefficient (Wildman–Crippen LogP) is 2.79. The molecule has 1 amide bonds. The SMILES string of the molecule is CNC(=O)c1nc(C)cc2nn(Cc3cnc(OCC(F)(F)F)c(C)c3)cc12. The van der Waals surface area contributed by atoms with E-state index in [2.05, 4.69) is 20.4 Å². The van der Waals surface area contributed by atoms with E-state index in [1.165, 1.54) is 13.2 Å². The van der Waals surface area contributed by atoms with E-state index in [9.17, 15) is 18.0 Å². The van der Waals surface area contributed by atoms with Crippen LogP contribution in [0.25, 0.3) is 10.9 Å².